The summed E-state index contributed by atoms with van der Waals surface area (Å²) in [6.07, 6.45) is 65.0. The van der Waals surface area contributed by atoms with Gasteiger partial charge in [0.15, 0.2) is 0 Å². The fourth-order valence-corrected chi connectivity index (χ4v) is 19.6. The van der Waals surface area contributed by atoms with Crippen molar-refractivity contribution in [1.82, 2.24) is 9.80 Å². The van der Waals surface area contributed by atoms with Gasteiger partial charge in [0, 0.05) is 49.7 Å². The molecule has 6 heteroatoms. The molecule has 4 aliphatic heterocycles. The van der Waals surface area contributed by atoms with Crippen LogP contribution in [-0.2, 0) is 26.0 Å². The number of unbranched alkanes of at least 4 members (excludes halogenated alkanes) is 36. The van der Waals surface area contributed by atoms with Crippen molar-refractivity contribution < 1.29 is 9.59 Å². The molecule has 4 aromatic carbocycles. The zero-order valence-electron chi connectivity index (χ0n) is 64.1. The summed E-state index contributed by atoms with van der Waals surface area (Å²) < 4.78 is 0. The number of thiophene rings is 1. The van der Waals surface area contributed by atoms with Crippen LogP contribution >= 0.6 is 11.3 Å². The van der Waals surface area contributed by atoms with Gasteiger partial charge in [0.2, 0.25) is 0 Å². The molecule has 0 fully saturated rings. The van der Waals surface area contributed by atoms with E-state index >= 15 is 9.59 Å². The van der Waals surface area contributed by atoms with Crippen molar-refractivity contribution in [3.8, 4) is 32.7 Å². The average Bonchev–Trinajstić information content (AvgIpc) is 1.53. The second-order valence-electron chi connectivity index (χ2n) is 32.9. The van der Waals surface area contributed by atoms with E-state index in [-0.39, 0.29) is 22.6 Å². The monoisotopic (exact) mass is 1370 g/mol. The highest BCUT2D eigenvalue weighted by Gasteiger charge is 2.52. The Kier molecular flexibility index (Phi) is 27.4. The molecule has 0 atom stereocenters. The maximum atomic E-state index is 15.9. The van der Waals surface area contributed by atoms with Crippen LogP contribution in [0.25, 0.3) is 56.2 Å². The lowest BCUT2D eigenvalue weighted by molar-refractivity contribution is -0.122. The van der Waals surface area contributed by atoms with E-state index in [0.29, 0.717) is 17.1 Å². The van der Waals surface area contributed by atoms with Crippen LogP contribution in [0.15, 0.2) is 96.3 Å². The third kappa shape index (κ3) is 17.0. The Bertz CT molecular complexity index is 3640. The molecular formula is C94H131N3O2S. The second kappa shape index (κ2) is 36.2. The number of fused-ring (bicyclic) bond motifs is 13. The number of hydrogen-bond acceptors (Lipinski definition) is 4. The number of amides is 2. The molecule has 6 aliphatic rings. The van der Waals surface area contributed by atoms with E-state index in [1.54, 1.807) is 0 Å². The van der Waals surface area contributed by atoms with Gasteiger partial charge in [-0.25, -0.2) is 0 Å². The van der Waals surface area contributed by atoms with Gasteiger partial charge in [0.05, 0.1) is 22.5 Å². The van der Waals surface area contributed by atoms with Crippen LogP contribution in [0, 0.1) is 0 Å². The van der Waals surface area contributed by atoms with Crippen molar-refractivity contribution in [2.45, 2.75) is 360 Å². The van der Waals surface area contributed by atoms with E-state index in [0.717, 1.165) is 72.2 Å². The van der Waals surface area contributed by atoms with E-state index < -0.39 is 5.54 Å². The lowest BCUT2D eigenvalue weighted by Gasteiger charge is -2.35. The van der Waals surface area contributed by atoms with Gasteiger partial charge in [-0.3, -0.25) is 19.4 Å². The minimum Gasteiger partial charge on any atom is -0.322 e. The molecule has 2 aliphatic carbocycles. The molecule has 0 radical (unpaired) electrons. The third-order valence-corrected chi connectivity index (χ3v) is 25.9. The van der Waals surface area contributed by atoms with Crippen molar-refractivity contribution in [3.05, 3.63) is 151 Å². The SMILES string of the molecule is CCCCCCCCCCCCC1(CCCCCCCCCCCC)c2cc(-c3ccc(C(C)C)s3)ccc2-c2cc3c(cc21)C1=C2C(=O)N4C=Cc5cc6c(cc5C4=C2C(=O)N1C=C3)C(CCCCCCCCCCCC)(CCCCCCCCCCCC)c1cc(C(C)(C)N)ccc1-6. The van der Waals surface area contributed by atoms with Gasteiger partial charge in [-0.15, -0.1) is 11.3 Å². The van der Waals surface area contributed by atoms with E-state index in [4.69, 9.17) is 5.73 Å². The Morgan fingerprint density at radius 2 is 0.710 bits per heavy atom. The fourth-order valence-electron chi connectivity index (χ4n) is 18.6. The highest BCUT2D eigenvalue weighted by molar-refractivity contribution is 7.15. The molecule has 0 saturated heterocycles. The van der Waals surface area contributed by atoms with Gasteiger partial charge < -0.3 is 5.73 Å². The zero-order valence-corrected chi connectivity index (χ0v) is 64.9. The van der Waals surface area contributed by atoms with Gasteiger partial charge >= 0.3 is 0 Å². The number of nitrogens with two attached hydrogens (primary N) is 1. The molecule has 1 aromatic heterocycles. The Morgan fingerprint density at radius 3 is 1.05 bits per heavy atom. The smallest absolute Gasteiger partial charge is 0.265 e. The maximum absolute atomic E-state index is 15.9. The summed E-state index contributed by atoms with van der Waals surface area (Å²) in [6.45, 7) is 18.2. The molecule has 5 aromatic rings. The van der Waals surface area contributed by atoms with Crippen LogP contribution in [0.1, 0.15) is 399 Å². The van der Waals surface area contributed by atoms with Gasteiger partial charge in [-0.2, -0.15) is 0 Å². The molecular weight excluding hydrogens is 1240 g/mol. The standard InChI is InChI=1S/C94H131N3O2S/c1-9-13-17-21-25-29-33-37-41-45-57-93(58-46-42-38-34-30-26-22-18-14-10-2)80-65-72(85-54-53-84(100-85)69(5)6)49-51-74(80)78-63-70-55-61-96-88(76(70)67-82(78)93)86-87(91(96)99)89-77-68-83-79(64-71(77)56-62-97(89)90(86)98)75-52-50-73(92(7,8)95)66-81(75)94(83,59-47-43-39-35-31-27-23-19-15-11-3)60-48-44-40-36-32-28-24-20-16-12-4/h49-56,61-69H,9-48,57-60,95H2,1-8H3. The predicted octanol–water partition coefficient (Wildman–Crippen LogP) is 28.3. The third-order valence-electron chi connectivity index (χ3n) is 24.5. The first-order chi connectivity index (χ1) is 48.8. The van der Waals surface area contributed by atoms with Crippen molar-refractivity contribution >= 4 is 46.7 Å². The maximum Gasteiger partial charge on any atom is 0.265 e. The summed E-state index contributed by atoms with van der Waals surface area (Å²) in [6, 6.07) is 29.3. The largest absolute Gasteiger partial charge is 0.322 e. The minimum atomic E-state index is -0.495. The molecule has 100 heavy (non-hydrogen) atoms. The summed E-state index contributed by atoms with van der Waals surface area (Å²) in [5, 5.41) is 0. The first-order valence-electron chi connectivity index (χ1n) is 41.9. The second-order valence-corrected chi connectivity index (χ2v) is 34.0. The van der Waals surface area contributed by atoms with Crippen LogP contribution in [0.4, 0.5) is 0 Å². The Morgan fingerprint density at radius 1 is 0.380 bits per heavy atom. The lowest BCUT2D eigenvalue weighted by Crippen LogP contribution is -2.30. The van der Waals surface area contributed by atoms with E-state index in [9.17, 15) is 0 Å². The van der Waals surface area contributed by atoms with Gasteiger partial charge in [-0.1, -0.05) is 329 Å². The Labute approximate surface area is 612 Å². The number of carbonyl (C=O) groups excluding carboxylic acids is 2. The van der Waals surface area contributed by atoms with Crippen LogP contribution in [0.5, 0.6) is 0 Å². The highest BCUT2D eigenvalue weighted by atomic mass is 32.1. The van der Waals surface area contributed by atoms with Crippen LogP contribution in [0.2, 0.25) is 0 Å². The van der Waals surface area contributed by atoms with E-state index in [1.165, 1.54) is 309 Å². The summed E-state index contributed by atoms with van der Waals surface area (Å²) in [5.74, 6) is 0.304. The molecule has 2 amide bonds. The quantitative estimate of drug-likeness (QED) is 0.0395. The van der Waals surface area contributed by atoms with Crippen molar-refractivity contribution in [1.29, 1.82) is 0 Å². The molecule has 2 N–H and O–H groups in total. The van der Waals surface area contributed by atoms with E-state index in [1.807, 2.05) is 33.5 Å². The summed E-state index contributed by atoms with van der Waals surface area (Å²) >= 11 is 1.96. The van der Waals surface area contributed by atoms with E-state index in [2.05, 4.69) is 140 Å². The number of nitrogens with zero attached hydrogens (tertiary/aromatic N) is 2. The molecule has 0 unspecified atom stereocenters. The average molecular weight is 1370 g/mol. The molecule has 5 heterocycles. The minimum absolute atomic E-state index is 0.0910. The lowest BCUT2D eigenvalue weighted by atomic mass is 9.69. The molecule has 11 rings (SSSR count). The summed E-state index contributed by atoms with van der Waals surface area (Å²) in [4.78, 5) is 38.3. The van der Waals surface area contributed by atoms with Crippen molar-refractivity contribution in [3.63, 3.8) is 0 Å². The zero-order chi connectivity index (χ0) is 70.1. The first-order valence-corrected chi connectivity index (χ1v) is 42.7. The van der Waals surface area contributed by atoms with Gasteiger partial charge in [0.25, 0.3) is 11.8 Å². The van der Waals surface area contributed by atoms with Crippen molar-refractivity contribution in [2.24, 2.45) is 5.73 Å². The topological polar surface area (TPSA) is 66.6 Å². The first kappa shape index (κ1) is 75.6. The fraction of sp³-hybridized carbons (Fsp3) is 0.596. The summed E-state index contributed by atoms with van der Waals surface area (Å²) in [7, 11) is 0. The molecule has 0 bridgehead atoms. The predicted molar refractivity (Wildman–Crippen MR) is 431 cm³/mol. The number of hydrogen-bond donors (Lipinski definition) is 1. The van der Waals surface area contributed by atoms with Gasteiger partial charge in [0.1, 0.15) is 0 Å². The van der Waals surface area contributed by atoms with Crippen molar-refractivity contribution in [2.75, 3.05) is 0 Å². The van der Waals surface area contributed by atoms with Crippen LogP contribution in [-0.4, -0.2) is 21.6 Å². The van der Waals surface area contributed by atoms with Crippen LogP contribution in [0.3, 0.4) is 0 Å². The number of benzene rings is 4. The molecule has 5 nitrogen and oxygen atoms in total. The number of carbonyl (C=O) groups is 2. The molecule has 0 spiro atoms. The molecule has 0 saturated carbocycles. The normalized spacial score (nSPS) is 15.7. The Hall–Kier alpha value is -5.56. The van der Waals surface area contributed by atoms with Gasteiger partial charge in [-0.05, 0) is 167 Å². The Balaban J connectivity index is 0.975. The summed E-state index contributed by atoms with van der Waals surface area (Å²) in [5.41, 5.74) is 26.6. The number of rotatable bonds is 47. The highest BCUT2D eigenvalue weighted by Crippen LogP contribution is 2.61. The van der Waals surface area contributed by atoms with Crippen LogP contribution < -0.4 is 5.73 Å². The molecule has 540 valence electrons.